The number of fused-ring (bicyclic) bond motifs is 1. The van der Waals surface area contributed by atoms with Crippen LogP contribution in [0.25, 0.3) is 10.2 Å². The smallest absolute Gasteiger partial charge is 0.120 e. The summed E-state index contributed by atoms with van der Waals surface area (Å²) in [6, 6.07) is 6.19. The third-order valence-corrected chi connectivity index (χ3v) is 5.15. The maximum atomic E-state index is 5.56. The summed E-state index contributed by atoms with van der Waals surface area (Å²) >= 11 is 1.80. The zero-order valence-electron chi connectivity index (χ0n) is 11.5. The van der Waals surface area contributed by atoms with Crippen LogP contribution in [0, 0.1) is 0 Å². The van der Waals surface area contributed by atoms with Crippen molar-refractivity contribution in [2.45, 2.75) is 38.6 Å². The molecule has 1 fully saturated rings. The predicted octanol–water partition coefficient (Wildman–Crippen LogP) is 3.68. The van der Waals surface area contributed by atoms with Crippen LogP contribution in [0.2, 0.25) is 0 Å². The summed E-state index contributed by atoms with van der Waals surface area (Å²) in [6.45, 7) is 6.07. The lowest BCUT2D eigenvalue weighted by Crippen LogP contribution is -2.35. The molecule has 4 heteroatoms. The minimum atomic E-state index is 0.107. The molecule has 0 bridgehead atoms. The number of rotatable bonds is 4. The quantitative estimate of drug-likeness (QED) is 0.925. The zero-order chi connectivity index (χ0) is 13.3. The van der Waals surface area contributed by atoms with Gasteiger partial charge in [0.15, 0.2) is 0 Å². The van der Waals surface area contributed by atoms with Crippen molar-refractivity contribution in [1.82, 2.24) is 10.3 Å². The van der Waals surface area contributed by atoms with Crippen LogP contribution in [-0.4, -0.2) is 18.1 Å². The third kappa shape index (κ3) is 2.23. The van der Waals surface area contributed by atoms with Gasteiger partial charge in [-0.25, -0.2) is 4.98 Å². The van der Waals surface area contributed by atoms with Crippen molar-refractivity contribution in [2.24, 2.45) is 0 Å². The lowest BCUT2D eigenvalue weighted by atomic mass is 9.95. The van der Waals surface area contributed by atoms with E-state index in [-0.39, 0.29) is 5.54 Å². The highest BCUT2D eigenvalue weighted by Gasteiger charge is 2.36. The molecule has 0 aliphatic carbocycles. The molecule has 0 radical (unpaired) electrons. The fourth-order valence-electron chi connectivity index (χ4n) is 2.81. The molecule has 1 aliphatic heterocycles. The average molecular weight is 276 g/mol. The Bertz CT molecular complexity index is 573. The number of thiazole rings is 1. The third-order valence-electron chi connectivity index (χ3n) is 3.93. The summed E-state index contributed by atoms with van der Waals surface area (Å²) in [5.74, 6) is 0.940. The van der Waals surface area contributed by atoms with Crippen molar-refractivity contribution in [3.8, 4) is 5.75 Å². The van der Waals surface area contributed by atoms with Crippen LogP contribution in [-0.2, 0) is 5.54 Å². The van der Waals surface area contributed by atoms with Gasteiger partial charge in [-0.2, -0.15) is 0 Å². The van der Waals surface area contributed by atoms with Crippen LogP contribution >= 0.6 is 11.3 Å². The van der Waals surface area contributed by atoms with Crippen LogP contribution in [0.1, 0.15) is 38.1 Å². The van der Waals surface area contributed by atoms with Crippen molar-refractivity contribution in [3.63, 3.8) is 0 Å². The molecule has 19 heavy (non-hydrogen) atoms. The van der Waals surface area contributed by atoms with E-state index in [0.717, 1.165) is 24.2 Å². The molecule has 0 spiro atoms. The summed E-state index contributed by atoms with van der Waals surface area (Å²) in [4.78, 5) is 4.84. The molecule has 3 rings (SSSR count). The Kier molecular flexibility index (Phi) is 3.46. The zero-order valence-corrected chi connectivity index (χ0v) is 12.3. The molecule has 1 aromatic carbocycles. The number of nitrogens with one attached hydrogen (secondary N) is 1. The van der Waals surface area contributed by atoms with E-state index >= 15 is 0 Å². The minimum Gasteiger partial charge on any atom is -0.494 e. The Morgan fingerprint density at radius 2 is 2.32 bits per heavy atom. The molecule has 1 N–H and O–H groups in total. The van der Waals surface area contributed by atoms with Crippen LogP contribution in [0.3, 0.4) is 0 Å². The molecule has 0 saturated carbocycles. The van der Waals surface area contributed by atoms with Gasteiger partial charge < -0.3 is 10.1 Å². The highest BCUT2D eigenvalue weighted by molar-refractivity contribution is 7.18. The standard InChI is InChI=1S/C15H20N2OS/c1-3-15(8-5-9-16-15)14-17-12-7-6-11(18-4-2)10-13(12)19-14/h6-7,10,16H,3-5,8-9H2,1-2H3. The normalized spacial score (nSPS) is 23.1. The van der Waals surface area contributed by atoms with Gasteiger partial charge in [-0.15, -0.1) is 11.3 Å². The van der Waals surface area contributed by atoms with Crippen LogP contribution in [0.4, 0.5) is 0 Å². The van der Waals surface area contributed by atoms with Crippen molar-refractivity contribution >= 4 is 21.6 Å². The van der Waals surface area contributed by atoms with Crippen LogP contribution < -0.4 is 10.1 Å². The van der Waals surface area contributed by atoms with Gasteiger partial charge in [0, 0.05) is 0 Å². The van der Waals surface area contributed by atoms with Crippen molar-refractivity contribution < 1.29 is 4.74 Å². The topological polar surface area (TPSA) is 34.1 Å². The van der Waals surface area contributed by atoms with E-state index in [2.05, 4.69) is 24.4 Å². The second-order valence-corrected chi connectivity index (χ2v) is 6.08. The van der Waals surface area contributed by atoms with E-state index < -0.39 is 0 Å². The van der Waals surface area contributed by atoms with E-state index in [1.165, 1.54) is 22.5 Å². The van der Waals surface area contributed by atoms with Crippen LogP contribution in [0.15, 0.2) is 18.2 Å². The molecule has 1 atom stereocenters. The SMILES string of the molecule is CCOc1ccc2nc(C3(CC)CCCN3)sc2c1. The number of aromatic nitrogens is 1. The Balaban J connectivity index is 2.01. The fourth-order valence-corrected chi connectivity index (χ4v) is 4.07. The first-order valence-corrected chi connectivity index (χ1v) is 7.88. The first kappa shape index (κ1) is 12.9. The number of hydrogen-bond acceptors (Lipinski definition) is 4. The van der Waals surface area contributed by atoms with Crippen molar-refractivity contribution in [1.29, 1.82) is 0 Å². The first-order chi connectivity index (χ1) is 9.27. The maximum Gasteiger partial charge on any atom is 0.120 e. The van der Waals surface area contributed by atoms with E-state index in [0.29, 0.717) is 6.61 Å². The molecule has 1 unspecified atom stereocenters. The van der Waals surface area contributed by atoms with Gasteiger partial charge in [-0.3, -0.25) is 0 Å². The second-order valence-electron chi connectivity index (χ2n) is 5.05. The van der Waals surface area contributed by atoms with Gasteiger partial charge in [-0.1, -0.05) is 6.92 Å². The lowest BCUT2D eigenvalue weighted by molar-refractivity contribution is 0.341. The molecule has 2 aromatic rings. The van der Waals surface area contributed by atoms with E-state index in [9.17, 15) is 0 Å². The highest BCUT2D eigenvalue weighted by Crippen LogP contribution is 2.39. The molecule has 1 aliphatic rings. The largest absolute Gasteiger partial charge is 0.494 e. The molecular weight excluding hydrogens is 256 g/mol. The second kappa shape index (κ2) is 5.10. The minimum absolute atomic E-state index is 0.107. The monoisotopic (exact) mass is 276 g/mol. The molecule has 102 valence electrons. The number of hydrogen-bond donors (Lipinski definition) is 1. The molecule has 0 amide bonds. The van der Waals surface area contributed by atoms with E-state index in [1.54, 1.807) is 11.3 Å². The van der Waals surface area contributed by atoms with E-state index in [1.807, 2.05) is 13.0 Å². The summed E-state index contributed by atoms with van der Waals surface area (Å²) in [5.41, 5.74) is 1.19. The number of nitrogens with zero attached hydrogens (tertiary/aromatic N) is 1. The Morgan fingerprint density at radius 1 is 1.42 bits per heavy atom. The number of ether oxygens (including phenoxy) is 1. The molecule has 3 nitrogen and oxygen atoms in total. The molecule has 1 saturated heterocycles. The Morgan fingerprint density at radius 3 is 3.00 bits per heavy atom. The summed E-state index contributed by atoms with van der Waals surface area (Å²) < 4.78 is 6.79. The summed E-state index contributed by atoms with van der Waals surface area (Å²) in [7, 11) is 0. The lowest BCUT2D eigenvalue weighted by Gasteiger charge is -2.25. The Hall–Kier alpha value is -1.13. The van der Waals surface area contributed by atoms with Gasteiger partial charge in [0.1, 0.15) is 10.8 Å². The van der Waals surface area contributed by atoms with Gasteiger partial charge in [0.25, 0.3) is 0 Å². The fraction of sp³-hybridized carbons (Fsp3) is 0.533. The molecule has 1 aromatic heterocycles. The van der Waals surface area contributed by atoms with Crippen molar-refractivity contribution in [3.05, 3.63) is 23.2 Å². The Labute approximate surface area is 118 Å². The van der Waals surface area contributed by atoms with E-state index in [4.69, 9.17) is 9.72 Å². The van der Waals surface area contributed by atoms with Gasteiger partial charge in [-0.05, 0) is 50.9 Å². The van der Waals surface area contributed by atoms with Crippen molar-refractivity contribution in [2.75, 3.05) is 13.2 Å². The summed E-state index contributed by atoms with van der Waals surface area (Å²) in [6.07, 6.45) is 3.54. The molecule has 2 heterocycles. The maximum absolute atomic E-state index is 5.56. The van der Waals surface area contributed by atoms with Gasteiger partial charge in [0.05, 0.1) is 22.4 Å². The summed E-state index contributed by atoms with van der Waals surface area (Å²) in [5, 5.41) is 4.89. The predicted molar refractivity (Wildman–Crippen MR) is 80.0 cm³/mol. The molecular formula is C15H20N2OS. The van der Waals surface area contributed by atoms with Crippen LogP contribution in [0.5, 0.6) is 5.75 Å². The highest BCUT2D eigenvalue weighted by atomic mass is 32.1. The van der Waals surface area contributed by atoms with Gasteiger partial charge in [0.2, 0.25) is 0 Å². The average Bonchev–Trinajstić information content (AvgIpc) is 3.05. The number of benzene rings is 1. The first-order valence-electron chi connectivity index (χ1n) is 7.06. The van der Waals surface area contributed by atoms with Gasteiger partial charge >= 0.3 is 0 Å².